The summed E-state index contributed by atoms with van der Waals surface area (Å²) in [6.07, 6.45) is 2.81. The molecule has 0 atom stereocenters. The fraction of sp³-hybridized carbons (Fsp3) is 0.133. The summed E-state index contributed by atoms with van der Waals surface area (Å²) in [5, 5.41) is 0.427. The Morgan fingerprint density at radius 3 is 2.75 bits per heavy atom. The molecule has 3 rings (SSSR count). The number of carbonyl (C=O) groups is 1. The number of nitrogens with one attached hydrogen (secondary N) is 1. The van der Waals surface area contributed by atoms with Crippen LogP contribution in [0.3, 0.4) is 0 Å². The molecule has 122 valence electrons. The SMILES string of the molecule is Cc1cnc(C(=O)OCc2nc3c(Br)cc(Br)cc3c(=O)[nH]2)cn1. The standard InChI is InChI=1S/C15H10Br2N4O3/c1-7-4-19-11(5-18-7)15(23)24-6-12-20-13-9(14(22)21-12)2-8(16)3-10(13)17/h2-5H,6H2,1H3,(H,20,21,22). The van der Waals surface area contributed by atoms with Crippen molar-refractivity contribution in [2.45, 2.75) is 13.5 Å². The highest BCUT2D eigenvalue weighted by Gasteiger charge is 2.12. The van der Waals surface area contributed by atoms with Crippen LogP contribution in [0.15, 0.2) is 38.3 Å². The number of aromatic amines is 1. The molecule has 0 spiro atoms. The Balaban J connectivity index is 1.84. The van der Waals surface area contributed by atoms with Crippen LogP contribution in [-0.2, 0) is 11.3 Å². The molecule has 0 saturated carbocycles. The summed E-state index contributed by atoms with van der Waals surface area (Å²) in [4.78, 5) is 38.9. The minimum Gasteiger partial charge on any atom is -0.453 e. The Morgan fingerprint density at radius 1 is 1.25 bits per heavy atom. The first-order valence-electron chi connectivity index (χ1n) is 6.78. The second-order valence-electron chi connectivity index (χ2n) is 4.92. The van der Waals surface area contributed by atoms with Crippen LogP contribution in [0.1, 0.15) is 22.0 Å². The van der Waals surface area contributed by atoms with Crippen LogP contribution in [0.5, 0.6) is 0 Å². The van der Waals surface area contributed by atoms with Gasteiger partial charge in [0.25, 0.3) is 5.56 Å². The molecule has 0 fully saturated rings. The first-order valence-corrected chi connectivity index (χ1v) is 8.36. The van der Waals surface area contributed by atoms with Crippen molar-refractivity contribution >= 4 is 48.7 Å². The Kier molecular flexibility index (Phi) is 4.72. The van der Waals surface area contributed by atoms with Gasteiger partial charge in [-0.25, -0.2) is 14.8 Å². The van der Waals surface area contributed by atoms with Gasteiger partial charge in [0.05, 0.1) is 22.8 Å². The molecular formula is C15H10Br2N4O3. The quantitative estimate of drug-likeness (QED) is 0.612. The first kappa shape index (κ1) is 16.7. The van der Waals surface area contributed by atoms with E-state index < -0.39 is 5.97 Å². The molecule has 0 unspecified atom stereocenters. The lowest BCUT2D eigenvalue weighted by molar-refractivity contribution is 0.0454. The van der Waals surface area contributed by atoms with Gasteiger partial charge in [-0.2, -0.15) is 0 Å². The lowest BCUT2D eigenvalue weighted by atomic mass is 10.2. The largest absolute Gasteiger partial charge is 0.453 e. The van der Waals surface area contributed by atoms with Crippen LogP contribution in [0.25, 0.3) is 10.9 Å². The number of aryl methyl sites for hydroxylation is 1. The average molecular weight is 454 g/mol. The summed E-state index contributed by atoms with van der Waals surface area (Å²) < 4.78 is 6.54. The minimum absolute atomic E-state index is 0.0915. The van der Waals surface area contributed by atoms with Crippen molar-refractivity contribution in [2.24, 2.45) is 0 Å². The van der Waals surface area contributed by atoms with Gasteiger partial charge in [0.15, 0.2) is 5.69 Å². The highest BCUT2D eigenvalue weighted by molar-refractivity contribution is 9.11. The van der Waals surface area contributed by atoms with E-state index >= 15 is 0 Å². The van der Waals surface area contributed by atoms with E-state index in [4.69, 9.17) is 4.74 Å². The van der Waals surface area contributed by atoms with Crippen molar-refractivity contribution in [3.05, 3.63) is 61.0 Å². The molecule has 0 bridgehead atoms. The molecule has 2 heterocycles. The molecule has 0 aliphatic heterocycles. The van der Waals surface area contributed by atoms with E-state index in [2.05, 4.69) is 51.8 Å². The average Bonchev–Trinajstić information content (AvgIpc) is 2.54. The Hall–Kier alpha value is -2.13. The van der Waals surface area contributed by atoms with Crippen LogP contribution in [0.2, 0.25) is 0 Å². The topological polar surface area (TPSA) is 97.8 Å². The number of H-pyrrole nitrogens is 1. The second-order valence-corrected chi connectivity index (χ2v) is 6.69. The zero-order valence-corrected chi connectivity index (χ0v) is 15.5. The second kappa shape index (κ2) is 6.78. The number of rotatable bonds is 3. The molecule has 24 heavy (non-hydrogen) atoms. The summed E-state index contributed by atoms with van der Waals surface area (Å²) in [6.45, 7) is 1.59. The molecule has 0 saturated heterocycles. The molecule has 0 radical (unpaired) electrons. The molecule has 0 aliphatic carbocycles. The third-order valence-corrected chi connectivity index (χ3v) is 4.17. The number of hydrogen-bond acceptors (Lipinski definition) is 6. The van der Waals surface area contributed by atoms with Gasteiger partial charge in [-0.1, -0.05) is 15.9 Å². The molecule has 7 nitrogen and oxygen atoms in total. The number of fused-ring (bicyclic) bond motifs is 1. The van der Waals surface area contributed by atoms with Gasteiger partial charge in [0.1, 0.15) is 12.4 Å². The first-order chi connectivity index (χ1) is 11.4. The van der Waals surface area contributed by atoms with Crippen LogP contribution < -0.4 is 5.56 Å². The maximum absolute atomic E-state index is 12.2. The van der Waals surface area contributed by atoms with Crippen LogP contribution in [0.4, 0.5) is 0 Å². The third kappa shape index (κ3) is 3.51. The van der Waals surface area contributed by atoms with E-state index in [1.165, 1.54) is 12.4 Å². The number of benzene rings is 1. The zero-order chi connectivity index (χ0) is 17.3. The van der Waals surface area contributed by atoms with Crippen LogP contribution in [0, 0.1) is 6.92 Å². The van der Waals surface area contributed by atoms with Gasteiger partial charge in [0.2, 0.25) is 0 Å². The predicted molar refractivity (Wildman–Crippen MR) is 93.7 cm³/mol. The number of hydrogen-bond donors (Lipinski definition) is 1. The van der Waals surface area contributed by atoms with Gasteiger partial charge in [-0.05, 0) is 35.0 Å². The van der Waals surface area contributed by atoms with Gasteiger partial charge in [-0.3, -0.25) is 9.78 Å². The van der Waals surface area contributed by atoms with Crippen molar-refractivity contribution in [1.29, 1.82) is 0 Å². The molecule has 0 amide bonds. The van der Waals surface area contributed by atoms with Gasteiger partial charge >= 0.3 is 5.97 Å². The number of nitrogens with zero attached hydrogens (tertiary/aromatic N) is 3. The highest BCUT2D eigenvalue weighted by atomic mass is 79.9. The number of carbonyl (C=O) groups excluding carboxylic acids is 1. The molecule has 3 aromatic rings. The van der Waals surface area contributed by atoms with E-state index in [1.807, 2.05) is 0 Å². The number of ether oxygens (including phenoxy) is 1. The molecular weight excluding hydrogens is 444 g/mol. The van der Waals surface area contributed by atoms with Crippen molar-refractivity contribution in [2.75, 3.05) is 0 Å². The van der Waals surface area contributed by atoms with Crippen molar-refractivity contribution in [3.8, 4) is 0 Å². The molecule has 1 aromatic carbocycles. The Labute approximate surface area is 152 Å². The lowest BCUT2D eigenvalue weighted by Gasteiger charge is -2.06. The lowest BCUT2D eigenvalue weighted by Crippen LogP contribution is -2.15. The van der Waals surface area contributed by atoms with Crippen molar-refractivity contribution in [3.63, 3.8) is 0 Å². The van der Waals surface area contributed by atoms with Gasteiger partial charge in [0, 0.05) is 15.1 Å². The van der Waals surface area contributed by atoms with E-state index in [9.17, 15) is 9.59 Å². The maximum Gasteiger partial charge on any atom is 0.358 e. The number of esters is 1. The summed E-state index contributed by atoms with van der Waals surface area (Å²) in [6, 6.07) is 3.45. The summed E-state index contributed by atoms with van der Waals surface area (Å²) in [5.74, 6) is -0.399. The summed E-state index contributed by atoms with van der Waals surface area (Å²) in [5.41, 5.74) is 0.961. The number of aromatic nitrogens is 4. The van der Waals surface area contributed by atoms with E-state index in [1.54, 1.807) is 19.1 Å². The molecule has 9 heteroatoms. The van der Waals surface area contributed by atoms with Crippen LogP contribution >= 0.6 is 31.9 Å². The van der Waals surface area contributed by atoms with E-state index in [0.29, 0.717) is 21.1 Å². The van der Waals surface area contributed by atoms with Crippen molar-refractivity contribution < 1.29 is 9.53 Å². The summed E-state index contributed by atoms with van der Waals surface area (Å²) >= 11 is 6.69. The summed E-state index contributed by atoms with van der Waals surface area (Å²) in [7, 11) is 0. The number of halogens is 2. The predicted octanol–water partition coefficient (Wildman–Crippen LogP) is 2.90. The minimum atomic E-state index is -0.639. The van der Waals surface area contributed by atoms with Crippen molar-refractivity contribution in [1.82, 2.24) is 19.9 Å². The fourth-order valence-corrected chi connectivity index (χ4v) is 3.30. The fourth-order valence-electron chi connectivity index (χ4n) is 1.99. The Morgan fingerprint density at radius 2 is 2.04 bits per heavy atom. The Bertz CT molecular complexity index is 986. The maximum atomic E-state index is 12.2. The third-order valence-electron chi connectivity index (χ3n) is 3.11. The molecule has 0 aliphatic rings. The van der Waals surface area contributed by atoms with Gasteiger partial charge in [-0.15, -0.1) is 0 Å². The van der Waals surface area contributed by atoms with Gasteiger partial charge < -0.3 is 9.72 Å². The zero-order valence-electron chi connectivity index (χ0n) is 12.3. The normalized spacial score (nSPS) is 10.8. The monoisotopic (exact) mass is 452 g/mol. The smallest absolute Gasteiger partial charge is 0.358 e. The van der Waals surface area contributed by atoms with Crippen LogP contribution in [-0.4, -0.2) is 25.9 Å². The van der Waals surface area contributed by atoms with E-state index in [-0.39, 0.29) is 23.7 Å². The molecule has 2 aromatic heterocycles. The van der Waals surface area contributed by atoms with E-state index in [0.717, 1.165) is 4.47 Å². The molecule has 1 N–H and O–H groups in total. The highest BCUT2D eigenvalue weighted by Crippen LogP contribution is 2.25.